The normalized spacial score (nSPS) is 13.3. The highest BCUT2D eigenvalue weighted by Gasteiger charge is 2.24. The van der Waals surface area contributed by atoms with Gasteiger partial charge in [0, 0.05) is 6.42 Å². The smallest absolute Gasteiger partial charge is 0.306 e. The van der Waals surface area contributed by atoms with E-state index in [2.05, 4.69) is 62.5 Å². The number of esters is 1. The van der Waals surface area contributed by atoms with E-state index in [4.69, 9.17) is 4.74 Å². The molecule has 6 nitrogen and oxygen atoms in total. The highest BCUT2D eigenvalue weighted by molar-refractivity contribution is 5.77. The summed E-state index contributed by atoms with van der Waals surface area (Å²) in [5.41, 5.74) is 0. The summed E-state index contributed by atoms with van der Waals surface area (Å²) in [6.45, 7) is 6.48. The first-order valence-electron chi connectivity index (χ1n) is 29.2. The van der Waals surface area contributed by atoms with Crippen LogP contribution in [-0.2, 0) is 14.3 Å². The molecular formula is C60H113NO5. The van der Waals surface area contributed by atoms with Crippen molar-refractivity contribution in [3.8, 4) is 0 Å². The second-order valence-corrected chi connectivity index (χ2v) is 20.1. The molecule has 0 aromatic rings. The lowest BCUT2D eigenvalue weighted by Gasteiger charge is -2.24. The number of hydrogen-bond acceptors (Lipinski definition) is 5. The summed E-state index contributed by atoms with van der Waals surface area (Å²) in [6, 6.07) is -0.712. The summed E-state index contributed by atoms with van der Waals surface area (Å²) in [4.78, 5) is 26.3. The molecule has 0 fully saturated rings. The van der Waals surface area contributed by atoms with Crippen LogP contribution in [0.5, 0.6) is 0 Å². The summed E-state index contributed by atoms with van der Waals surface area (Å²) in [7, 11) is 0. The first-order chi connectivity index (χ1) is 32.5. The minimum atomic E-state index is -0.796. The van der Waals surface area contributed by atoms with Crippen molar-refractivity contribution in [2.75, 3.05) is 6.61 Å². The lowest BCUT2D eigenvalue weighted by atomic mass is 10.0. The minimum Gasteiger partial charge on any atom is -0.462 e. The van der Waals surface area contributed by atoms with Crippen LogP contribution in [0.1, 0.15) is 310 Å². The van der Waals surface area contributed by atoms with Crippen molar-refractivity contribution >= 4 is 11.9 Å². The third kappa shape index (κ3) is 48.5. The molecule has 3 atom stereocenters. The first-order valence-corrected chi connectivity index (χ1v) is 29.2. The molecule has 66 heavy (non-hydrogen) atoms. The van der Waals surface area contributed by atoms with Crippen LogP contribution in [0.25, 0.3) is 0 Å². The van der Waals surface area contributed by atoms with Crippen molar-refractivity contribution < 1.29 is 24.5 Å². The van der Waals surface area contributed by atoms with Gasteiger partial charge in [-0.1, -0.05) is 269 Å². The monoisotopic (exact) mass is 928 g/mol. The summed E-state index contributed by atoms with van der Waals surface area (Å²) in [5, 5.41) is 23.9. The molecule has 0 bridgehead atoms. The Morgan fingerprint density at radius 2 is 0.773 bits per heavy atom. The molecule has 0 rings (SSSR count). The molecule has 6 heteroatoms. The molecule has 388 valence electrons. The lowest BCUT2D eigenvalue weighted by molar-refractivity contribution is -0.151. The number of nitrogens with one attached hydrogen (secondary N) is 1. The zero-order valence-electron chi connectivity index (χ0n) is 44.3. The maximum atomic E-state index is 13.3. The van der Waals surface area contributed by atoms with E-state index >= 15 is 0 Å². The third-order valence-electron chi connectivity index (χ3n) is 13.5. The quantitative estimate of drug-likeness (QED) is 0.0321. The molecule has 0 aliphatic carbocycles. The van der Waals surface area contributed by atoms with Crippen LogP contribution < -0.4 is 5.32 Å². The average Bonchev–Trinajstić information content (AvgIpc) is 3.31. The molecule has 0 aromatic heterocycles. The van der Waals surface area contributed by atoms with Crippen LogP contribution in [0, 0.1) is 0 Å². The van der Waals surface area contributed by atoms with Gasteiger partial charge in [-0.25, -0.2) is 0 Å². The minimum absolute atomic E-state index is 0.0562. The maximum Gasteiger partial charge on any atom is 0.306 e. The van der Waals surface area contributed by atoms with E-state index in [0.717, 1.165) is 70.6 Å². The number of allylic oxidation sites excluding steroid dienone is 6. The number of carbonyl (C=O) groups is 2. The fourth-order valence-electron chi connectivity index (χ4n) is 9.03. The van der Waals surface area contributed by atoms with Gasteiger partial charge in [-0.3, -0.25) is 9.59 Å². The molecule has 3 N–H and O–H groups in total. The zero-order chi connectivity index (χ0) is 48.1. The van der Waals surface area contributed by atoms with E-state index in [1.807, 2.05) is 0 Å². The third-order valence-corrected chi connectivity index (χ3v) is 13.5. The number of unbranched alkanes of at least 4 members (excludes halogenated alkanes) is 35. The topological polar surface area (TPSA) is 95.9 Å². The molecule has 0 aromatic carbocycles. The van der Waals surface area contributed by atoms with Crippen molar-refractivity contribution in [2.24, 2.45) is 0 Å². The Balaban J connectivity index is 4.57. The van der Waals surface area contributed by atoms with Crippen molar-refractivity contribution in [3.63, 3.8) is 0 Å². The predicted octanol–water partition coefficient (Wildman–Crippen LogP) is 18.0. The summed E-state index contributed by atoms with van der Waals surface area (Å²) in [5.74, 6) is -0.495. The molecule has 1 amide bonds. The van der Waals surface area contributed by atoms with E-state index in [9.17, 15) is 19.8 Å². The van der Waals surface area contributed by atoms with Gasteiger partial charge in [0.2, 0.25) is 5.91 Å². The Morgan fingerprint density at radius 1 is 0.439 bits per heavy atom. The van der Waals surface area contributed by atoms with Gasteiger partial charge < -0.3 is 20.3 Å². The molecule has 0 aliphatic heterocycles. The highest BCUT2D eigenvalue weighted by atomic mass is 16.5. The molecule has 0 saturated heterocycles. The number of rotatable bonds is 53. The Hall–Kier alpha value is -1.92. The molecule has 0 saturated carbocycles. The Morgan fingerprint density at radius 3 is 1.18 bits per heavy atom. The van der Waals surface area contributed by atoms with Gasteiger partial charge in [-0.05, 0) is 64.2 Å². The molecular weight excluding hydrogens is 815 g/mol. The van der Waals surface area contributed by atoms with Crippen LogP contribution in [0.2, 0.25) is 0 Å². The second-order valence-electron chi connectivity index (χ2n) is 20.1. The van der Waals surface area contributed by atoms with Crippen LogP contribution in [0.3, 0.4) is 0 Å². The zero-order valence-corrected chi connectivity index (χ0v) is 44.3. The molecule has 0 heterocycles. The lowest BCUT2D eigenvalue weighted by Crippen LogP contribution is -2.46. The van der Waals surface area contributed by atoms with Gasteiger partial charge in [0.05, 0.1) is 25.2 Å². The van der Waals surface area contributed by atoms with Crippen LogP contribution >= 0.6 is 0 Å². The summed E-state index contributed by atoms with van der Waals surface area (Å²) < 4.78 is 5.95. The number of amides is 1. The first kappa shape index (κ1) is 64.1. The molecule has 0 radical (unpaired) electrons. The Bertz CT molecular complexity index is 1090. The standard InChI is InChI=1S/C60H113NO5/c1-4-7-10-13-16-19-22-25-28-29-32-35-38-41-44-47-50-53-60(65)66-56(51-48-45-42-39-36-33-30-26-23-20-17-14-11-8-5-2)54-59(64)61-57(55-62)58(63)52-49-46-43-40-37-34-31-27-24-21-18-15-12-9-6-3/h17,20,26,30,36,39,56-58,62-63H,4-16,18-19,21-25,27-29,31-35,37-38,40-55H2,1-3H3,(H,61,64)/b20-17-,30-26-,39-36-. The van der Waals surface area contributed by atoms with Crippen LogP contribution in [0.15, 0.2) is 36.5 Å². The molecule has 0 spiro atoms. The van der Waals surface area contributed by atoms with Crippen molar-refractivity contribution in [3.05, 3.63) is 36.5 Å². The van der Waals surface area contributed by atoms with Crippen molar-refractivity contribution in [1.29, 1.82) is 0 Å². The van der Waals surface area contributed by atoms with E-state index in [0.29, 0.717) is 19.3 Å². The van der Waals surface area contributed by atoms with Gasteiger partial charge in [0.15, 0.2) is 0 Å². The largest absolute Gasteiger partial charge is 0.462 e. The number of ether oxygens (including phenoxy) is 1. The second kappa shape index (κ2) is 54.0. The van der Waals surface area contributed by atoms with E-state index in [1.165, 1.54) is 193 Å². The summed E-state index contributed by atoms with van der Waals surface area (Å²) in [6.07, 6.45) is 65.0. The van der Waals surface area contributed by atoms with Gasteiger partial charge in [-0.2, -0.15) is 0 Å². The number of aliphatic hydroxyl groups is 2. The average molecular weight is 929 g/mol. The maximum absolute atomic E-state index is 13.3. The number of hydrogen-bond donors (Lipinski definition) is 3. The van der Waals surface area contributed by atoms with Crippen molar-refractivity contribution in [2.45, 2.75) is 328 Å². The van der Waals surface area contributed by atoms with Gasteiger partial charge in [-0.15, -0.1) is 0 Å². The fourth-order valence-corrected chi connectivity index (χ4v) is 9.03. The van der Waals surface area contributed by atoms with E-state index in [1.54, 1.807) is 0 Å². The predicted molar refractivity (Wildman–Crippen MR) is 287 cm³/mol. The van der Waals surface area contributed by atoms with Crippen molar-refractivity contribution in [1.82, 2.24) is 5.32 Å². The molecule has 0 aliphatic rings. The summed E-state index contributed by atoms with van der Waals surface area (Å²) >= 11 is 0. The van der Waals surface area contributed by atoms with Gasteiger partial charge >= 0.3 is 5.97 Å². The highest BCUT2D eigenvalue weighted by Crippen LogP contribution is 2.18. The van der Waals surface area contributed by atoms with Crippen LogP contribution in [0.4, 0.5) is 0 Å². The van der Waals surface area contributed by atoms with Gasteiger partial charge in [0.25, 0.3) is 0 Å². The Labute approximate surface area is 411 Å². The SMILES string of the molecule is CCCCC/C=C\C/C=C\C/C=C\CCCCC(CC(=O)NC(CO)C(O)CCCCCCCCCCCCCCCCC)OC(=O)CCCCCCCCCCCCCCCCCCC. The molecule has 3 unspecified atom stereocenters. The van der Waals surface area contributed by atoms with Gasteiger partial charge in [0.1, 0.15) is 6.10 Å². The fraction of sp³-hybridized carbons (Fsp3) is 0.867. The van der Waals surface area contributed by atoms with E-state index in [-0.39, 0.29) is 24.9 Å². The number of carbonyl (C=O) groups excluding carboxylic acids is 2. The number of aliphatic hydroxyl groups excluding tert-OH is 2. The Kier molecular flexibility index (Phi) is 52.5. The van der Waals surface area contributed by atoms with E-state index < -0.39 is 18.2 Å². The van der Waals surface area contributed by atoms with Crippen LogP contribution in [-0.4, -0.2) is 46.9 Å².